The van der Waals surface area contributed by atoms with E-state index >= 15 is 0 Å². The van der Waals surface area contributed by atoms with Crippen LogP contribution in [-0.2, 0) is 11.8 Å². The molecule has 2 heterocycles. The summed E-state index contributed by atoms with van der Waals surface area (Å²) in [6.07, 6.45) is 0. The summed E-state index contributed by atoms with van der Waals surface area (Å²) in [5, 5.41) is 4.41. The molecule has 1 aromatic carbocycles. The van der Waals surface area contributed by atoms with E-state index in [9.17, 15) is 4.79 Å². The third kappa shape index (κ3) is 1.83. The number of rotatable bonds is 1. The van der Waals surface area contributed by atoms with Gasteiger partial charge in [0.15, 0.2) is 0 Å². The highest BCUT2D eigenvalue weighted by molar-refractivity contribution is 5.79. The number of hydrogen-bond acceptors (Lipinski definition) is 3. The molecule has 0 radical (unpaired) electrons. The zero-order valence-electron chi connectivity index (χ0n) is 10.3. The summed E-state index contributed by atoms with van der Waals surface area (Å²) in [7, 11) is 1.82. The average Bonchev–Trinajstić information content (AvgIpc) is 2.44. The van der Waals surface area contributed by atoms with Crippen LogP contribution in [0.2, 0.25) is 0 Å². The quantitative estimate of drug-likeness (QED) is 0.819. The summed E-state index contributed by atoms with van der Waals surface area (Å²) in [4.78, 5) is 12.3. The van der Waals surface area contributed by atoms with Crippen molar-refractivity contribution in [1.29, 1.82) is 0 Å². The van der Waals surface area contributed by atoms with Crippen LogP contribution in [0.4, 0.5) is 0 Å². The van der Waals surface area contributed by atoms with E-state index in [0.717, 1.165) is 23.0 Å². The minimum Gasteiger partial charge on any atom is -0.378 e. The number of morpholine rings is 1. The Morgan fingerprint density at radius 1 is 1.39 bits per heavy atom. The molecule has 0 amide bonds. The Morgan fingerprint density at radius 3 is 3.00 bits per heavy atom. The number of aryl methyl sites for hydroxylation is 1. The van der Waals surface area contributed by atoms with Crippen LogP contribution < -0.4 is 10.9 Å². The van der Waals surface area contributed by atoms with E-state index in [2.05, 4.69) is 5.32 Å². The van der Waals surface area contributed by atoms with E-state index < -0.39 is 0 Å². The van der Waals surface area contributed by atoms with Gasteiger partial charge in [-0.05, 0) is 17.5 Å². The number of fused-ring (bicyclic) bond motifs is 1. The number of nitrogens with zero attached hydrogens (tertiary/aromatic N) is 1. The Morgan fingerprint density at radius 2 is 2.22 bits per heavy atom. The molecule has 3 rings (SSSR count). The van der Waals surface area contributed by atoms with Gasteiger partial charge in [-0.2, -0.15) is 0 Å². The van der Waals surface area contributed by atoms with Crippen LogP contribution >= 0.6 is 0 Å². The van der Waals surface area contributed by atoms with Gasteiger partial charge in [0.25, 0.3) is 5.56 Å². The molecule has 2 aromatic rings. The zero-order chi connectivity index (χ0) is 12.5. The molecule has 0 saturated carbocycles. The standard InChI is InChI=1S/C14H16N2O2/c1-16-13-5-3-2-4-10(13)8-11(14(16)17)12-9-18-7-6-15-12/h2-5,8,12,15H,6-7,9H2,1H3. The van der Waals surface area contributed by atoms with Crippen LogP contribution in [-0.4, -0.2) is 24.3 Å². The van der Waals surface area contributed by atoms with Crippen LogP contribution in [0.5, 0.6) is 0 Å². The fourth-order valence-electron chi connectivity index (χ4n) is 2.46. The smallest absolute Gasteiger partial charge is 0.255 e. The SMILES string of the molecule is Cn1c(=O)c(C2COCCN2)cc2ccccc21. The van der Waals surface area contributed by atoms with E-state index in [1.165, 1.54) is 0 Å². The van der Waals surface area contributed by atoms with E-state index in [0.29, 0.717) is 13.2 Å². The Bertz CT molecular complexity index is 627. The summed E-state index contributed by atoms with van der Waals surface area (Å²) in [6, 6.07) is 9.91. The maximum absolute atomic E-state index is 12.3. The highest BCUT2D eigenvalue weighted by Crippen LogP contribution is 2.18. The molecule has 0 aliphatic carbocycles. The zero-order valence-corrected chi connectivity index (χ0v) is 10.3. The molecule has 1 aromatic heterocycles. The molecule has 4 heteroatoms. The normalized spacial score (nSPS) is 20.2. The molecule has 1 N–H and O–H groups in total. The molecule has 1 atom stereocenters. The van der Waals surface area contributed by atoms with Gasteiger partial charge >= 0.3 is 0 Å². The Balaban J connectivity index is 2.17. The number of para-hydroxylation sites is 1. The number of nitrogens with one attached hydrogen (secondary N) is 1. The van der Waals surface area contributed by atoms with Gasteiger partial charge < -0.3 is 14.6 Å². The molecule has 1 unspecified atom stereocenters. The van der Waals surface area contributed by atoms with Crippen molar-refractivity contribution in [3.05, 3.63) is 46.2 Å². The molecule has 18 heavy (non-hydrogen) atoms. The Kier molecular flexibility index (Phi) is 2.89. The van der Waals surface area contributed by atoms with Crippen molar-refractivity contribution < 1.29 is 4.74 Å². The fourth-order valence-corrected chi connectivity index (χ4v) is 2.46. The summed E-state index contributed by atoms with van der Waals surface area (Å²) in [5.41, 5.74) is 1.80. The largest absolute Gasteiger partial charge is 0.378 e. The minimum atomic E-state index is 0.00190. The first-order valence-corrected chi connectivity index (χ1v) is 6.17. The highest BCUT2D eigenvalue weighted by Gasteiger charge is 2.19. The second-order valence-electron chi connectivity index (χ2n) is 4.60. The van der Waals surface area contributed by atoms with E-state index in [-0.39, 0.29) is 11.6 Å². The molecule has 4 nitrogen and oxygen atoms in total. The monoisotopic (exact) mass is 244 g/mol. The lowest BCUT2D eigenvalue weighted by atomic mass is 10.1. The van der Waals surface area contributed by atoms with Crippen molar-refractivity contribution in [2.75, 3.05) is 19.8 Å². The van der Waals surface area contributed by atoms with Gasteiger partial charge in [-0.25, -0.2) is 0 Å². The van der Waals surface area contributed by atoms with Crippen molar-refractivity contribution in [2.24, 2.45) is 7.05 Å². The topological polar surface area (TPSA) is 43.3 Å². The van der Waals surface area contributed by atoms with Gasteiger partial charge in [-0.3, -0.25) is 4.79 Å². The molecule has 0 spiro atoms. The third-order valence-electron chi connectivity index (χ3n) is 3.46. The predicted molar refractivity (Wildman–Crippen MR) is 70.8 cm³/mol. The second-order valence-corrected chi connectivity index (χ2v) is 4.60. The van der Waals surface area contributed by atoms with Crippen LogP contribution in [0.15, 0.2) is 35.1 Å². The van der Waals surface area contributed by atoms with Gasteiger partial charge in [-0.1, -0.05) is 18.2 Å². The van der Waals surface area contributed by atoms with Crippen LogP contribution in [0, 0.1) is 0 Å². The molecule has 1 aliphatic heterocycles. The van der Waals surface area contributed by atoms with Crippen molar-refractivity contribution in [3.63, 3.8) is 0 Å². The molecule has 0 bridgehead atoms. The lowest BCUT2D eigenvalue weighted by Gasteiger charge is -2.24. The lowest BCUT2D eigenvalue weighted by Crippen LogP contribution is -2.38. The average molecular weight is 244 g/mol. The number of pyridine rings is 1. The Hall–Kier alpha value is -1.65. The molecule has 1 aliphatic rings. The summed E-state index contributed by atoms with van der Waals surface area (Å²) < 4.78 is 7.14. The molecule has 1 saturated heterocycles. The maximum Gasteiger partial charge on any atom is 0.255 e. The number of hydrogen-bond donors (Lipinski definition) is 1. The Labute approximate surface area is 105 Å². The molecule has 94 valence electrons. The summed E-state index contributed by atoms with van der Waals surface area (Å²) in [5.74, 6) is 0. The van der Waals surface area contributed by atoms with Gasteiger partial charge in [0.05, 0.1) is 24.8 Å². The fraction of sp³-hybridized carbons (Fsp3) is 0.357. The van der Waals surface area contributed by atoms with Crippen LogP contribution in [0.3, 0.4) is 0 Å². The predicted octanol–water partition coefficient (Wildman–Crippen LogP) is 1.20. The van der Waals surface area contributed by atoms with Crippen molar-refractivity contribution in [2.45, 2.75) is 6.04 Å². The van der Waals surface area contributed by atoms with Crippen molar-refractivity contribution in [3.8, 4) is 0 Å². The first kappa shape index (κ1) is 11.4. The maximum atomic E-state index is 12.3. The number of benzene rings is 1. The van der Waals surface area contributed by atoms with Gasteiger partial charge in [0, 0.05) is 19.2 Å². The molecule has 1 fully saturated rings. The van der Waals surface area contributed by atoms with Crippen LogP contribution in [0.25, 0.3) is 10.9 Å². The van der Waals surface area contributed by atoms with E-state index in [4.69, 9.17) is 4.74 Å². The van der Waals surface area contributed by atoms with E-state index in [1.54, 1.807) is 4.57 Å². The van der Waals surface area contributed by atoms with Gasteiger partial charge in [0.2, 0.25) is 0 Å². The first-order chi connectivity index (χ1) is 8.77. The highest BCUT2D eigenvalue weighted by atomic mass is 16.5. The molecular formula is C14H16N2O2. The van der Waals surface area contributed by atoms with Crippen LogP contribution in [0.1, 0.15) is 11.6 Å². The number of aromatic nitrogens is 1. The summed E-state index contributed by atoms with van der Waals surface area (Å²) in [6.45, 7) is 2.07. The molecular weight excluding hydrogens is 228 g/mol. The van der Waals surface area contributed by atoms with Crippen molar-refractivity contribution in [1.82, 2.24) is 9.88 Å². The summed E-state index contributed by atoms with van der Waals surface area (Å²) >= 11 is 0. The van der Waals surface area contributed by atoms with Gasteiger partial charge in [0.1, 0.15) is 0 Å². The minimum absolute atomic E-state index is 0.00190. The second kappa shape index (κ2) is 4.55. The van der Waals surface area contributed by atoms with Gasteiger partial charge in [-0.15, -0.1) is 0 Å². The lowest BCUT2D eigenvalue weighted by molar-refractivity contribution is 0.0764. The third-order valence-corrected chi connectivity index (χ3v) is 3.46. The van der Waals surface area contributed by atoms with Crippen molar-refractivity contribution >= 4 is 10.9 Å². The van der Waals surface area contributed by atoms with E-state index in [1.807, 2.05) is 37.4 Å². The number of ether oxygens (including phenoxy) is 1. The first-order valence-electron chi connectivity index (χ1n) is 6.17.